The largest absolute Gasteiger partial charge is 0.273 e. The predicted octanol–water partition coefficient (Wildman–Crippen LogP) is 8.80. The lowest BCUT2D eigenvalue weighted by molar-refractivity contribution is -0.385. The van der Waals surface area contributed by atoms with Crippen molar-refractivity contribution >= 4 is 5.69 Å². The van der Waals surface area contributed by atoms with Gasteiger partial charge in [0.25, 0.3) is 5.69 Å². The third-order valence-corrected chi connectivity index (χ3v) is 8.46. The van der Waals surface area contributed by atoms with E-state index >= 15 is 0 Å². The van der Waals surface area contributed by atoms with Gasteiger partial charge in [0, 0.05) is 23.4 Å². The van der Waals surface area contributed by atoms with E-state index in [1.807, 2.05) is 18.3 Å². The molecule has 0 spiro atoms. The molecule has 0 aliphatic heterocycles. The molecule has 1 aromatic carbocycles. The van der Waals surface area contributed by atoms with Crippen LogP contribution in [0.2, 0.25) is 0 Å². The summed E-state index contributed by atoms with van der Waals surface area (Å²) in [5, 5.41) is 11.9. The van der Waals surface area contributed by atoms with Crippen LogP contribution in [-0.2, 0) is 0 Å². The molecule has 2 fully saturated rings. The summed E-state index contributed by atoms with van der Waals surface area (Å²) in [5.41, 5.74) is 4.19. The standard InChI is InChI=1S/C29H40N2O2/c1-3-5-6-22-9-11-23(12-10-22)26-16-18-28(30-20-26)25-15-17-27(29(19-25)31(32)33)24-13-7-21(4-2)8-14-24/h15-24H,3-14H2,1-2H3. The number of hydrogen-bond acceptors (Lipinski definition) is 3. The summed E-state index contributed by atoms with van der Waals surface area (Å²) in [7, 11) is 0. The Balaban J connectivity index is 1.45. The molecule has 0 N–H and O–H groups in total. The van der Waals surface area contributed by atoms with Gasteiger partial charge in [0.15, 0.2) is 0 Å². The Labute approximate surface area is 199 Å². The van der Waals surface area contributed by atoms with Crippen LogP contribution in [0, 0.1) is 22.0 Å². The van der Waals surface area contributed by atoms with E-state index in [1.54, 1.807) is 6.07 Å². The van der Waals surface area contributed by atoms with Crippen LogP contribution in [0.4, 0.5) is 5.69 Å². The Hall–Kier alpha value is -2.23. The number of benzene rings is 1. The fourth-order valence-corrected chi connectivity index (χ4v) is 6.18. The first-order valence-corrected chi connectivity index (χ1v) is 13.3. The van der Waals surface area contributed by atoms with E-state index in [1.165, 1.54) is 69.8 Å². The molecule has 1 aromatic heterocycles. The number of nitrogens with zero attached hydrogens (tertiary/aromatic N) is 2. The summed E-state index contributed by atoms with van der Waals surface area (Å²) < 4.78 is 0. The van der Waals surface area contributed by atoms with Crippen LogP contribution < -0.4 is 0 Å². The predicted molar refractivity (Wildman–Crippen MR) is 136 cm³/mol. The van der Waals surface area contributed by atoms with Crippen molar-refractivity contribution in [3.05, 3.63) is 57.8 Å². The number of pyridine rings is 1. The van der Waals surface area contributed by atoms with Crippen molar-refractivity contribution in [2.24, 2.45) is 11.8 Å². The SMILES string of the molecule is CCCCC1CCC(c2ccc(-c3ccc(C4CCC(CC)CC4)c([N+](=O)[O-])c3)nc2)CC1. The zero-order valence-corrected chi connectivity index (χ0v) is 20.5. The minimum Gasteiger partial charge on any atom is -0.258 e. The van der Waals surface area contributed by atoms with Gasteiger partial charge in [-0.2, -0.15) is 0 Å². The van der Waals surface area contributed by atoms with Crippen LogP contribution in [0.1, 0.15) is 114 Å². The molecule has 4 heteroatoms. The molecule has 1 heterocycles. The van der Waals surface area contributed by atoms with Gasteiger partial charge in [0.2, 0.25) is 0 Å². The molecule has 4 rings (SSSR count). The molecule has 0 atom stereocenters. The second-order valence-electron chi connectivity index (χ2n) is 10.5. The van der Waals surface area contributed by atoms with Crippen LogP contribution in [-0.4, -0.2) is 9.91 Å². The van der Waals surface area contributed by atoms with Gasteiger partial charge in [-0.3, -0.25) is 15.1 Å². The highest BCUT2D eigenvalue weighted by Crippen LogP contribution is 2.42. The first-order chi connectivity index (χ1) is 16.1. The van der Waals surface area contributed by atoms with Gasteiger partial charge in [0.05, 0.1) is 10.6 Å². The third-order valence-electron chi connectivity index (χ3n) is 8.46. The first-order valence-electron chi connectivity index (χ1n) is 13.3. The molecule has 0 radical (unpaired) electrons. The summed E-state index contributed by atoms with van der Waals surface area (Å²) >= 11 is 0. The zero-order valence-electron chi connectivity index (χ0n) is 20.5. The summed E-state index contributed by atoms with van der Waals surface area (Å²) in [6, 6.07) is 10.0. The van der Waals surface area contributed by atoms with E-state index < -0.39 is 0 Å². The molecule has 0 bridgehead atoms. The summed E-state index contributed by atoms with van der Waals surface area (Å²) in [4.78, 5) is 16.4. The van der Waals surface area contributed by atoms with Gasteiger partial charge in [-0.1, -0.05) is 57.7 Å². The summed E-state index contributed by atoms with van der Waals surface area (Å²) in [6.45, 7) is 4.53. The van der Waals surface area contributed by atoms with Gasteiger partial charge < -0.3 is 0 Å². The van der Waals surface area contributed by atoms with Crippen LogP contribution in [0.3, 0.4) is 0 Å². The second-order valence-corrected chi connectivity index (χ2v) is 10.5. The quantitative estimate of drug-likeness (QED) is 0.299. The first kappa shape index (κ1) is 23.9. The van der Waals surface area contributed by atoms with E-state index in [0.29, 0.717) is 11.8 Å². The molecular weight excluding hydrogens is 408 g/mol. The summed E-state index contributed by atoms with van der Waals surface area (Å²) in [6.07, 6.45) is 16.9. The van der Waals surface area contributed by atoms with Gasteiger partial charge in [-0.25, -0.2) is 0 Å². The molecule has 4 nitrogen and oxygen atoms in total. The highest BCUT2D eigenvalue weighted by atomic mass is 16.6. The Morgan fingerprint density at radius 1 is 0.909 bits per heavy atom. The number of aromatic nitrogens is 1. The summed E-state index contributed by atoms with van der Waals surface area (Å²) in [5.74, 6) is 2.61. The average Bonchev–Trinajstić information content (AvgIpc) is 2.87. The molecule has 2 saturated carbocycles. The molecule has 0 amide bonds. The van der Waals surface area contributed by atoms with Gasteiger partial charge in [-0.15, -0.1) is 0 Å². The highest BCUT2D eigenvalue weighted by molar-refractivity contribution is 5.65. The lowest BCUT2D eigenvalue weighted by Gasteiger charge is -2.28. The van der Waals surface area contributed by atoms with Crippen LogP contribution >= 0.6 is 0 Å². The lowest BCUT2D eigenvalue weighted by atomic mass is 9.77. The molecule has 2 aliphatic rings. The maximum Gasteiger partial charge on any atom is 0.273 e. The van der Waals surface area contributed by atoms with Crippen molar-refractivity contribution in [3.63, 3.8) is 0 Å². The van der Waals surface area contributed by atoms with Crippen molar-refractivity contribution in [1.82, 2.24) is 4.98 Å². The maximum atomic E-state index is 11.9. The second kappa shape index (κ2) is 11.3. The minimum absolute atomic E-state index is 0.198. The molecule has 0 saturated heterocycles. The van der Waals surface area contributed by atoms with Crippen molar-refractivity contribution < 1.29 is 4.92 Å². The van der Waals surface area contributed by atoms with Crippen LogP contribution in [0.15, 0.2) is 36.5 Å². The topological polar surface area (TPSA) is 56.0 Å². The van der Waals surface area contributed by atoms with Crippen molar-refractivity contribution in [1.29, 1.82) is 0 Å². The fraction of sp³-hybridized carbons (Fsp3) is 0.621. The lowest BCUT2D eigenvalue weighted by Crippen LogP contribution is -2.14. The number of rotatable bonds is 8. The van der Waals surface area contributed by atoms with E-state index in [2.05, 4.69) is 26.0 Å². The van der Waals surface area contributed by atoms with E-state index in [9.17, 15) is 10.1 Å². The van der Waals surface area contributed by atoms with Crippen molar-refractivity contribution in [3.8, 4) is 11.3 Å². The Bertz CT molecular complexity index is 908. The fourth-order valence-electron chi connectivity index (χ4n) is 6.18. The maximum absolute atomic E-state index is 11.9. The van der Waals surface area contributed by atoms with Crippen LogP contribution in [0.5, 0.6) is 0 Å². The number of unbranched alkanes of at least 4 members (excludes halogenated alkanes) is 1. The number of nitro groups is 1. The Kier molecular flexibility index (Phi) is 8.16. The van der Waals surface area contributed by atoms with E-state index in [-0.39, 0.29) is 10.6 Å². The zero-order chi connectivity index (χ0) is 23.2. The third kappa shape index (κ3) is 5.83. The molecule has 2 aliphatic carbocycles. The van der Waals surface area contributed by atoms with Crippen LogP contribution in [0.25, 0.3) is 11.3 Å². The Morgan fingerprint density at radius 2 is 1.61 bits per heavy atom. The van der Waals surface area contributed by atoms with E-state index in [0.717, 1.165) is 41.5 Å². The average molecular weight is 449 g/mol. The highest BCUT2D eigenvalue weighted by Gasteiger charge is 2.27. The van der Waals surface area contributed by atoms with Gasteiger partial charge in [0.1, 0.15) is 0 Å². The number of hydrogen-bond donors (Lipinski definition) is 0. The molecule has 178 valence electrons. The van der Waals surface area contributed by atoms with Crippen molar-refractivity contribution in [2.75, 3.05) is 0 Å². The molecular formula is C29H40N2O2. The molecule has 33 heavy (non-hydrogen) atoms. The molecule has 0 unspecified atom stereocenters. The monoisotopic (exact) mass is 448 g/mol. The molecule has 2 aromatic rings. The minimum atomic E-state index is -0.198. The van der Waals surface area contributed by atoms with Gasteiger partial charge >= 0.3 is 0 Å². The van der Waals surface area contributed by atoms with Crippen molar-refractivity contribution in [2.45, 2.75) is 103 Å². The van der Waals surface area contributed by atoms with Gasteiger partial charge in [-0.05, 0) is 86.7 Å². The smallest absolute Gasteiger partial charge is 0.258 e. The number of nitro benzene ring substituents is 1. The van der Waals surface area contributed by atoms with E-state index in [4.69, 9.17) is 4.98 Å². The Morgan fingerprint density at radius 3 is 2.21 bits per heavy atom. The normalized spacial score (nSPS) is 25.6.